The van der Waals surface area contributed by atoms with E-state index in [1.807, 2.05) is 72.8 Å². The van der Waals surface area contributed by atoms with Crippen LogP contribution in [0.15, 0.2) is 165 Å². The van der Waals surface area contributed by atoms with E-state index in [1.165, 1.54) is 91.6 Å². The molecule has 3 aromatic carbocycles. The maximum Gasteiger partial charge on any atom is 0.280 e. The molecule has 3 saturated heterocycles. The lowest BCUT2D eigenvalue weighted by atomic mass is 10.1. The average Bonchev–Trinajstić information content (AvgIpc) is 1.32. The number of halogens is 6. The maximum atomic E-state index is 13.4. The summed E-state index contributed by atoms with van der Waals surface area (Å²) in [4.78, 5) is 56.2. The van der Waals surface area contributed by atoms with Crippen molar-refractivity contribution in [3.05, 3.63) is 212 Å². The number of hydrogen-bond acceptors (Lipinski definition) is 15. The topological polar surface area (TPSA) is 274 Å². The largest absolute Gasteiger partial charge is 0.325 e. The molecule has 33 heteroatoms. The molecule has 3 fully saturated rings. The summed E-state index contributed by atoms with van der Waals surface area (Å²) in [5.74, 6) is -3.40. The quantitative estimate of drug-likeness (QED) is 0.0666. The first-order chi connectivity index (χ1) is 44.2. The third-order valence-electron chi connectivity index (χ3n) is 14.9. The molecule has 2 unspecified atom stereocenters. The van der Waals surface area contributed by atoms with Gasteiger partial charge in [0.1, 0.15) is 35.6 Å². The van der Waals surface area contributed by atoms with Crippen LogP contribution in [0.3, 0.4) is 0 Å². The predicted molar refractivity (Wildman–Crippen MR) is 376 cm³/mol. The van der Waals surface area contributed by atoms with E-state index in [2.05, 4.69) is 45.1 Å². The van der Waals surface area contributed by atoms with Crippen LogP contribution in [0, 0.1) is 17.5 Å². The van der Waals surface area contributed by atoms with Crippen LogP contribution in [0.2, 0.25) is 15.1 Å². The summed E-state index contributed by atoms with van der Waals surface area (Å²) in [5, 5.41) is 7.46. The van der Waals surface area contributed by atoms with Crippen molar-refractivity contribution in [2.75, 3.05) is 37.1 Å². The van der Waals surface area contributed by atoms with Crippen LogP contribution in [-0.4, -0.2) is 110 Å². The Labute approximate surface area is 582 Å². The number of likely N-dealkylation sites (N-methyl/N-ethyl adjacent to an activating group) is 3. The second-order valence-corrected chi connectivity index (χ2v) is 30.9. The van der Waals surface area contributed by atoms with Crippen molar-refractivity contribution in [1.29, 1.82) is 0 Å². The minimum Gasteiger partial charge on any atom is -0.325 e. The van der Waals surface area contributed by atoms with E-state index < -0.39 is 102 Å². The minimum absolute atomic E-state index is 0. The third-order valence-corrected chi connectivity index (χ3v) is 24.3. The molecule has 510 valence electrons. The van der Waals surface area contributed by atoms with Crippen molar-refractivity contribution in [1.82, 2.24) is 42.0 Å². The summed E-state index contributed by atoms with van der Waals surface area (Å²) in [6, 6.07) is 29.3. The van der Waals surface area contributed by atoms with Gasteiger partial charge in [-0.25, -0.2) is 13.2 Å². The molecule has 0 bridgehead atoms. The van der Waals surface area contributed by atoms with Gasteiger partial charge in [-0.2, -0.15) is 52.3 Å². The monoisotopic (exact) mass is 1490 g/mol. The number of carbonyl (C=O) groups is 3. The fourth-order valence-electron chi connectivity index (χ4n) is 9.90. The number of rotatable bonds is 12. The SMILES string of the molecule is C.C.C.CN1C(C(=O)Nc2ccc(F)c(Cl)c2)CC(c2ccc(-c3cccnc3)s2)NS1(=O)=O.CN1[C@@H](C(=O)Nc2ccc(F)c(Cl)c2)C[C@@H](c2ccc(-c3cccnc3)s2)NS1(=O)=O.CN1[C@H](C(=O)Nc2ccc(F)c(Cl)c2)C[C@H](c2ccc(-c3cccnc3)s2)NS1(=O)=O. The van der Waals surface area contributed by atoms with Gasteiger partial charge in [-0.3, -0.25) is 29.3 Å². The normalized spacial score (nSPS) is 20.3. The number of benzene rings is 3. The van der Waals surface area contributed by atoms with Gasteiger partial charge in [0, 0.05) is 121 Å². The number of nitrogens with one attached hydrogen (secondary N) is 6. The van der Waals surface area contributed by atoms with Gasteiger partial charge in [0.05, 0.1) is 33.2 Å². The number of amides is 3. The van der Waals surface area contributed by atoms with Gasteiger partial charge in [0.15, 0.2) is 0 Å². The molecule has 96 heavy (non-hydrogen) atoms. The van der Waals surface area contributed by atoms with E-state index >= 15 is 0 Å². The van der Waals surface area contributed by atoms with E-state index in [4.69, 9.17) is 34.8 Å². The molecule has 12 rings (SSSR count). The third kappa shape index (κ3) is 18.2. The number of pyridine rings is 3. The molecule has 21 nitrogen and oxygen atoms in total. The predicted octanol–water partition coefficient (Wildman–Crippen LogP) is 13.4. The summed E-state index contributed by atoms with van der Waals surface area (Å²) in [5.41, 5.74) is 3.64. The Bertz CT molecular complexity index is 4120. The average molecular weight is 1490 g/mol. The molecule has 9 aromatic rings. The highest BCUT2D eigenvalue weighted by Crippen LogP contribution is 2.40. The number of thiophene rings is 3. The molecule has 6 aromatic heterocycles. The van der Waals surface area contributed by atoms with Crippen molar-refractivity contribution >= 4 is 134 Å². The molecule has 3 aliphatic rings. The Morgan fingerprint density at radius 3 is 0.927 bits per heavy atom. The van der Waals surface area contributed by atoms with Crippen LogP contribution < -0.4 is 30.1 Å². The number of hydrogen-bond donors (Lipinski definition) is 6. The number of nitrogens with zero attached hydrogens (tertiary/aromatic N) is 6. The van der Waals surface area contributed by atoms with Gasteiger partial charge in [0.25, 0.3) is 30.6 Å². The molecule has 6 atom stereocenters. The fraction of sp³-hybridized carbons (Fsp3) is 0.238. The summed E-state index contributed by atoms with van der Waals surface area (Å²) in [6.45, 7) is 0. The van der Waals surface area contributed by atoms with Crippen LogP contribution in [0.5, 0.6) is 0 Å². The van der Waals surface area contributed by atoms with Crippen molar-refractivity contribution in [3.8, 4) is 31.3 Å². The van der Waals surface area contributed by atoms with E-state index in [1.54, 1.807) is 37.2 Å². The van der Waals surface area contributed by atoms with Crippen molar-refractivity contribution in [2.24, 2.45) is 0 Å². The summed E-state index contributed by atoms with van der Waals surface area (Å²) < 4.78 is 127. The van der Waals surface area contributed by atoms with E-state index in [0.29, 0.717) is 0 Å². The molecule has 0 radical (unpaired) electrons. The van der Waals surface area contributed by atoms with Gasteiger partial charge in [-0.1, -0.05) is 75.3 Å². The second-order valence-electron chi connectivity index (χ2n) is 21.0. The molecule has 3 aliphatic heterocycles. The lowest BCUT2D eigenvalue weighted by Crippen LogP contribution is -2.55. The maximum absolute atomic E-state index is 13.4. The number of aromatic nitrogens is 3. The van der Waals surface area contributed by atoms with E-state index in [0.717, 1.165) is 77.1 Å². The molecule has 3 amide bonds. The lowest BCUT2D eigenvalue weighted by molar-refractivity contribution is -0.120. The highest BCUT2D eigenvalue weighted by atomic mass is 35.5. The van der Waals surface area contributed by atoms with Crippen molar-refractivity contribution in [3.63, 3.8) is 0 Å². The molecule has 9 heterocycles. The van der Waals surface area contributed by atoms with Crippen LogP contribution in [0.4, 0.5) is 30.2 Å². The number of carbonyl (C=O) groups excluding carboxylic acids is 3. The van der Waals surface area contributed by atoms with E-state index in [9.17, 15) is 52.8 Å². The first kappa shape index (κ1) is 76.3. The van der Waals surface area contributed by atoms with Crippen LogP contribution in [0.1, 0.15) is 74.3 Å². The standard InChI is InChI=1S/3C20H18ClFN4O3S2.3CH4/c3*1-26-17(20(27)24-13-4-5-15(22)14(21)9-13)10-16(25-31(26,28)29)19-7-6-18(30-19)12-3-2-8-23-11-12;;;/h3*2-9,11,16-17,25H,10H2,1H3,(H,24,27);3*1H4/t2*16-,17+;;;;/m10..../s1. The molecule has 0 aliphatic carbocycles. The van der Waals surface area contributed by atoms with Gasteiger partial charge >= 0.3 is 0 Å². The zero-order chi connectivity index (χ0) is 66.5. The Kier molecular flexibility index (Phi) is 25.8. The fourth-order valence-corrected chi connectivity index (χ4v) is 17.6. The Hall–Kier alpha value is -7.11. The summed E-state index contributed by atoms with van der Waals surface area (Å²) >= 11 is 21.6. The lowest BCUT2D eigenvalue weighted by Gasteiger charge is -2.35. The van der Waals surface area contributed by atoms with Crippen LogP contribution in [-0.2, 0) is 45.0 Å². The summed E-state index contributed by atoms with van der Waals surface area (Å²) in [7, 11) is -7.62. The highest BCUT2D eigenvalue weighted by molar-refractivity contribution is 7.87. The molecule has 0 saturated carbocycles. The number of anilines is 3. The van der Waals surface area contributed by atoms with Crippen LogP contribution >= 0.6 is 68.8 Å². The van der Waals surface area contributed by atoms with Gasteiger partial charge in [-0.05, 0) is 128 Å². The van der Waals surface area contributed by atoms with Crippen molar-refractivity contribution in [2.45, 2.75) is 77.8 Å². The van der Waals surface area contributed by atoms with Gasteiger partial charge in [-0.15, -0.1) is 34.0 Å². The Morgan fingerprint density at radius 2 is 0.698 bits per heavy atom. The van der Waals surface area contributed by atoms with Gasteiger partial charge in [0.2, 0.25) is 17.7 Å². The minimum atomic E-state index is -3.88. The molecular formula is C63H66Cl3F3N12O9S6. The molecule has 0 spiro atoms. The van der Waals surface area contributed by atoms with Crippen LogP contribution in [0.25, 0.3) is 31.3 Å². The Balaban J connectivity index is 0.000000200. The second kappa shape index (κ2) is 32.5. The first-order valence-electron chi connectivity index (χ1n) is 27.8. The first-order valence-corrected chi connectivity index (χ1v) is 35.7. The summed E-state index contributed by atoms with van der Waals surface area (Å²) in [6.07, 6.45) is 10.9. The zero-order valence-corrected chi connectivity index (χ0v) is 55.9. The smallest absolute Gasteiger partial charge is 0.280 e. The zero-order valence-electron chi connectivity index (χ0n) is 48.7. The van der Waals surface area contributed by atoms with Crippen molar-refractivity contribution < 1.29 is 52.8 Å². The molecule has 6 N–H and O–H groups in total. The van der Waals surface area contributed by atoms with Gasteiger partial charge < -0.3 is 16.0 Å². The molecular weight excluding hydrogens is 1420 g/mol. The van der Waals surface area contributed by atoms with E-state index in [-0.39, 0.29) is 73.7 Å². The highest BCUT2D eigenvalue weighted by Gasteiger charge is 2.44. The Morgan fingerprint density at radius 1 is 0.438 bits per heavy atom.